The van der Waals surface area contributed by atoms with Crippen LogP contribution in [0.25, 0.3) is 0 Å². The minimum absolute atomic E-state index is 0.125. The largest absolute Gasteiger partial charge is 0.394 e. The van der Waals surface area contributed by atoms with Crippen LogP contribution in [0.1, 0.15) is 50.8 Å². The molecule has 0 aromatic heterocycles. The summed E-state index contributed by atoms with van der Waals surface area (Å²) in [6.07, 6.45) is 0. The van der Waals surface area contributed by atoms with E-state index in [4.69, 9.17) is 0 Å². The molecule has 1 saturated heterocycles. The van der Waals surface area contributed by atoms with Crippen LogP contribution in [0.4, 0.5) is 0 Å². The highest BCUT2D eigenvalue weighted by Gasteiger charge is 2.29. The molecule has 1 aliphatic heterocycles. The van der Waals surface area contributed by atoms with Gasteiger partial charge in [0.1, 0.15) is 0 Å². The standard InChI is InChI=1S/C18H30N2O/c1-5-19-10-11-20(15(4)12-19)18(13-21)17-8-6-16(7-9-17)14(2)3/h6-9,14-15,18,21H,5,10-13H2,1-4H3. The van der Waals surface area contributed by atoms with Crippen LogP contribution in [0.15, 0.2) is 24.3 Å². The van der Waals surface area contributed by atoms with Gasteiger partial charge in [0.05, 0.1) is 12.6 Å². The first-order valence-electron chi connectivity index (χ1n) is 8.25. The zero-order valence-corrected chi connectivity index (χ0v) is 13.9. The third-order valence-electron chi connectivity index (χ3n) is 4.77. The Morgan fingerprint density at radius 1 is 1.14 bits per heavy atom. The molecule has 0 aliphatic carbocycles. The first kappa shape index (κ1) is 16.5. The summed E-state index contributed by atoms with van der Waals surface area (Å²) in [5.41, 5.74) is 2.60. The smallest absolute Gasteiger partial charge is 0.0628 e. The topological polar surface area (TPSA) is 26.7 Å². The third-order valence-corrected chi connectivity index (χ3v) is 4.77. The van der Waals surface area contributed by atoms with E-state index in [1.807, 2.05) is 0 Å². The highest BCUT2D eigenvalue weighted by atomic mass is 16.3. The number of piperazine rings is 1. The molecule has 0 radical (unpaired) electrons. The lowest BCUT2D eigenvalue weighted by atomic mass is 9.97. The molecule has 1 N–H and O–H groups in total. The number of aliphatic hydroxyl groups is 1. The van der Waals surface area contributed by atoms with E-state index in [9.17, 15) is 5.11 Å². The summed E-state index contributed by atoms with van der Waals surface area (Å²) in [4.78, 5) is 4.94. The van der Waals surface area contributed by atoms with Crippen LogP contribution < -0.4 is 0 Å². The first-order valence-corrected chi connectivity index (χ1v) is 8.25. The summed E-state index contributed by atoms with van der Waals surface area (Å²) in [7, 11) is 0. The van der Waals surface area contributed by atoms with Gasteiger partial charge in [0.25, 0.3) is 0 Å². The summed E-state index contributed by atoms with van der Waals surface area (Å²) in [5, 5.41) is 9.90. The number of hydrogen-bond acceptors (Lipinski definition) is 3. The number of rotatable bonds is 5. The van der Waals surface area contributed by atoms with Crippen molar-refractivity contribution >= 4 is 0 Å². The maximum Gasteiger partial charge on any atom is 0.0628 e. The van der Waals surface area contributed by atoms with Gasteiger partial charge in [-0.15, -0.1) is 0 Å². The summed E-state index contributed by atoms with van der Waals surface area (Å²) in [6.45, 7) is 13.5. The minimum atomic E-state index is 0.125. The van der Waals surface area contributed by atoms with E-state index in [2.05, 4.69) is 61.8 Å². The molecule has 3 heteroatoms. The number of likely N-dealkylation sites (N-methyl/N-ethyl adjacent to an activating group) is 1. The maximum absolute atomic E-state index is 9.90. The molecule has 0 spiro atoms. The predicted molar refractivity (Wildman–Crippen MR) is 88.6 cm³/mol. The van der Waals surface area contributed by atoms with Crippen LogP contribution >= 0.6 is 0 Å². The molecule has 0 bridgehead atoms. The van der Waals surface area contributed by atoms with Gasteiger partial charge in [-0.25, -0.2) is 0 Å². The van der Waals surface area contributed by atoms with Crippen molar-refractivity contribution in [2.45, 2.75) is 45.7 Å². The van der Waals surface area contributed by atoms with Gasteiger partial charge in [0.15, 0.2) is 0 Å². The van der Waals surface area contributed by atoms with E-state index >= 15 is 0 Å². The summed E-state index contributed by atoms with van der Waals surface area (Å²) >= 11 is 0. The molecule has 118 valence electrons. The molecule has 0 saturated carbocycles. The predicted octanol–water partition coefficient (Wildman–Crippen LogP) is 2.87. The van der Waals surface area contributed by atoms with Gasteiger partial charge in [-0.1, -0.05) is 45.0 Å². The molecule has 1 aromatic rings. The molecule has 0 amide bonds. The Balaban J connectivity index is 2.12. The van der Waals surface area contributed by atoms with Gasteiger partial charge in [-0.3, -0.25) is 4.90 Å². The molecule has 2 atom stereocenters. The van der Waals surface area contributed by atoms with Gasteiger partial charge in [-0.05, 0) is 30.5 Å². The second kappa shape index (κ2) is 7.39. The molecule has 21 heavy (non-hydrogen) atoms. The molecule has 1 heterocycles. The Morgan fingerprint density at radius 2 is 1.76 bits per heavy atom. The van der Waals surface area contributed by atoms with Crippen molar-refractivity contribution in [3.05, 3.63) is 35.4 Å². The lowest BCUT2D eigenvalue weighted by Gasteiger charge is -2.43. The van der Waals surface area contributed by atoms with E-state index in [0.29, 0.717) is 12.0 Å². The molecule has 2 rings (SSSR count). The second-order valence-electron chi connectivity index (χ2n) is 6.50. The van der Waals surface area contributed by atoms with Crippen LogP contribution in [0.2, 0.25) is 0 Å². The zero-order valence-electron chi connectivity index (χ0n) is 13.9. The normalized spacial score (nSPS) is 22.7. The van der Waals surface area contributed by atoms with Crippen molar-refractivity contribution in [2.75, 3.05) is 32.8 Å². The monoisotopic (exact) mass is 290 g/mol. The average Bonchev–Trinajstić information content (AvgIpc) is 2.50. The van der Waals surface area contributed by atoms with Gasteiger partial charge in [0.2, 0.25) is 0 Å². The molecular formula is C18H30N2O. The molecule has 2 unspecified atom stereocenters. The Kier molecular flexibility index (Phi) is 5.80. The molecular weight excluding hydrogens is 260 g/mol. The fourth-order valence-electron chi connectivity index (χ4n) is 3.30. The molecule has 1 fully saturated rings. The lowest BCUT2D eigenvalue weighted by Crippen LogP contribution is -2.53. The Hall–Kier alpha value is -0.900. The van der Waals surface area contributed by atoms with Crippen molar-refractivity contribution in [3.8, 4) is 0 Å². The number of hydrogen-bond donors (Lipinski definition) is 1. The van der Waals surface area contributed by atoms with Gasteiger partial charge in [-0.2, -0.15) is 0 Å². The number of nitrogens with zero attached hydrogens (tertiary/aromatic N) is 2. The van der Waals surface area contributed by atoms with Gasteiger partial charge >= 0.3 is 0 Å². The van der Waals surface area contributed by atoms with Crippen molar-refractivity contribution in [3.63, 3.8) is 0 Å². The lowest BCUT2D eigenvalue weighted by molar-refractivity contribution is 0.0271. The Labute approximate surface area is 129 Å². The van der Waals surface area contributed by atoms with Gasteiger partial charge < -0.3 is 10.0 Å². The Bertz CT molecular complexity index is 429. The summed E-state index contributed by atoms with van der Waals surface area (Å²) < 4.78 is 0. The third kappa shape index (κ3) is 3.85. The minimum Gasteiger partial charge on any atom is -0.394 e. The number of aliphatic hydroxyl groups excluding tert-OH is 1. The quantitative estimate of drug-likeness (QED) is 0.903. The molecule has 1 aliphatic rings. The number of benzene rings is 1. The average molecular weight is 290 g/mol. The van der Waals surface area contributed by atoms with Gasteiger partial charge in [0, 0.05) is 25.7 Å². The van der Waals surface area contributed by atoms with Crippen LogP contribution in [0.3, 0.4) is 0 Å². The van der Waals surface area contributed by atoms with Crippen LogP contribution in [-0.4, -0.2) is 53.7 Å². The van der Waals surface area contributed by atoms with E-state index in [1.54, 1.807) is 0 Å². The van der Waals surface area contributed by atoms with E-state index in [-0.39, 0.29) is 12.6 Å². The SMILES string of the molecule is CCN1CCN(C(CO)c2ccc(C(C)C)cc2)C(C)C1. The van der Waals surface area contributed by atoms with Crippen LogP contribution in [0, 0.1) is 0 Å². The summed E-state index contributed by atoms with van der Waals surface area (Å²) in [6, 6.07) is 9.40. The highest BCUT2D eigenvalue weighted by Crippen LogP contribution is 2.26. The van der Waals surface area contributed by atoms with E-state index in [1.165, 1.54) is 11.1 Å². The van der Waals surface area contributed by atoms with Crippen molar-refractivity contribution in [1.29, 1.82) is 0 Å². The second-order valence-corrected chi connectivity index (χ2v) is 6.50. The summed E-state index contributed by atoms with van der Waals surface area (Å²) in [5.74, 6) is 0.554. The highest BCUT2D eigenvalue weighted by molar-refractivity contribution is 5.27. The molecule has 3 nitrogen and oxygen atoms in total. The van der Waals surface area contributed by atoms with E-state index in [0.717, 1.165) is 26.2 Å². The first-order chi connectivity index (χ1) is 10.1. The fourth-order valence-corrected chi connectivity index (χ4v) is 3.30. The van der Waals surface area contributed by atoms with Crippen molar-refractivity contribution in [1.82, 2.24) is 9.80 Å². The van der Waals surface area contributed by atoms with Crippen molar-refractivity contribution < 1.29 is 5.11 Å². The van der Waals surface area contributed by atoms with Crippen LogP contribution in [0.5, 0.6) is 0 Å². The zero-order chi connectivity index (χ0) is 15.4. The fraction of sp³-hybridized carbons (Fsp3) is 0.667. The van der Waals surface area contributed by atoms with Crippen LogP contribution in [-0.2, 0) is 0 Å². The maximum atomic E-state index is 9.90. The van der Waals surface area contributed by atoms with Crippen molar-refractivity contribution in [2.24, 2.45) is 0 Å². The van der Waals surface area contributed by atoms with E-state index < -0.39 is 0 Å². The Morgan fingerprint density at radius 3 is 2.24 bits per heavy atom. The molecule has 1 aromatic carbocycles.